The molecule has 1 saturated heterocycles. The Balaban J connectivity index is 2.09. The van der Waals surface area contributed by atoms with Crippen molar-refractivity contribution in [1.82, 2.24) is 0 Å². The Morgan fingerprint density at radius 3 is 2.39 bits per heavy atom. The van der Waals surface area contributed by atoms with Crippen molar-refractivity contribution in [2.45, 2.75) is 22.2 Å². The van der Waals surface area contributed by atoms with E-state index in [1.54, 1.807) is 7.11 Å². The summed E-state index contributed by atoms with van der Waals surface area (Å²) in [6, 6.07) is 7.64. The van der Waals surface area contributed by atoms with Gasteiger partial charge < -0.3 is 9.47 Å². The lowest BCUT2D eigenvalue weighted by atomic mass is 10.00. The number of alkyl halides is 2. The van der Waals surface area contributed by atoms with Crippen LogP contribution in [0, 0.1) is 0 Å². The molecule has 1 aromatic rings. The zero-order valence-electron chi connectivity index (χ0n) is 10.2. The van der Waals surface area contributed by atoms with Gasteiger partial charge in [-0.2, -0.15) is 0 Å². The third-order valence-corrected chi connectivity index (χ3v) is 5.75. The molecule has 0 N–H and O–H groups in total. The number of benzene rings is 1. The van der Waals surface area contributed by atoms with Gasteiger partial charge in [0.15, 0.2) is 5.78 Å². The van der Waals surface area contributed by atoms with Crippen molar-refractivity contribution in [3.63, 3.8) is 0 Å². The van der Waals surface area contributed by atoms with Crippen molar-refractivity contribution in [2.75, 3.05) is 13.7 Å². The molecule has 0 bridgehead atoms. The molecule has 18 heavy (non-hydrogen) atoms. The number of carbonyl (C=O) groups is 1. The summed E-state index contributed by atoms with van der Waals surface area (Å²) in [7, 11) is 1.63. The number of methoxy groups -OCH3 is 1. The zero-order valence-corrected chi connectivity index (χ0v) is 13.3. The number of Topliss-reactive ketones (excluding diaryl/α,β-unsaturated/α-hetero) is 1. The summed E-state index contributed by atoms with van der Waals surface area (Å²) in [6.07, 6.45) is 0. The summed E-state index contributed by atoms with van der Waals surface area (Å²) in [6.45, 7) is 2.33. The number of hydrogen-bond acceptors (Lipinski definition) is 3. The Labute approximate surface area is 123 Å². The predicted molar refractivity (Wildman–Crippen MR) is 76.7 cm³/mol. The fourth-order valence-electron chi connectivity index (χ4n) is 1.63. The van der Waals surface area contributed by atoms with Gasteiger partial charge in [0.25, 0.3) is 0 Å². The largest absolute Gasteiger partial charge is 0.497 e. The number of hydrogen-bond donors (Lipinski definition) is 0. The van der Waals surface area contributed by atoms with E-state index in [1.807, 2.05) is 31.2 Å². The maximum Gasteiger partial charge on any atom is 0.181 e. The van der Waals surface area contributed by atoms with Crippen molar-refractivity contribution in [1.29, 1.82) is 0 Å². The Kier molecular flexibility index (Phi) is 4.14. The molecule has 98 valence electrons. The van der Waals surface area contributed by atoms with Crippen molar-refractivity contribution in [3.05, 3.63) is 29.8 Å². The van der Waals surface area contributed by atoms with E-state index in [9.17, 15) is 4.79 Å². The highest BCUT2D eigenvalue weighted by Gasteiger charge is 2.50. The molecular formula is C13H14Br2O3. The van der Waals surface area contributed by atoms with Crippen molar-refractivity contribution in [2.24, 2.45) is 0 Å². The second-order valence-electron chi connectivity index (χ2n) is 4.46. The van der Waals surface area contributed by atoms with E-state index in [2.05, 4.69) is 31.9 Å². The molecule has 1 fully saturated rings. The van der Waals surface area contributed by atoms with Crippen LogP contribution in [0.15, 0.2) is 24.3 Å². The molecule has 0 amide bonds. The molecule has 1 heterocycles. The van der Waals surface area contributed by atoms with Gasteiger partial charge in [0.2, 0.25) is 0 Å². The van der Waals surface area contributed by atoms with Crippen molar-refractivity contribution < 1.29 is 14.3 Å². The molecule has 1 aliphatic heterocycles. The molecule has 1 aliphatic rings. The Morgan fingerprint density at radius 2 is 1.94 bits per heavy atom. The van der Waals surface area contributed by atoms with E-state index in [0.29, 0.717) is 6.61 Å². The highest BCUT2D eigenvalue weighted by Crippen LogP contribution is 2.38. The third-order valence-electron chi connectivity index (χ3n) is 3.04. The smallest absolute Gasteiger partial charge is 0.181 e. The first-order valence-corrected chi connectivity index (χ1v) is 7.41. The lowest BCUT2D eigenvalue weighted by molar-refractivity contribution is -0.122. The first kappa shape index (κ1) is 14.0. The second kappa shape index (κ2) is 5.31. The minimum Gasteiger partial charge on any atom is -0.497 e. The highest BCUT2D eigenvalue weighted by molar-refractivity contribution is 9.12. The number of ketones is 1. The van der Waals surface area contributed by atoms with Crippen molar-refractivity contribution >= 4 is 37.6 Å². The lowest BCUT2D eigenvalue weighted by Gasteiger charge is -2.18. The lowest BCUT2D eigenvalue weighted by Crippen LogP contribution is -2.31. The van der Waals surface area contributed by atoms with Crippen LogP contribution >= 0.6 is 31.9 Å². The molecule has 0 spiro atoms. The monoisotopic (exact) mass is 376 g/mol. The molecule has 1 aromatic carbocycles. The van der Waals surface area contributed by atoms with Crippen LogP contribution in [0.25, 0.3) is 0 Å². The van der Waals surface area contributed by atoms with Crippen LogP contribution in [0.1, 0.15) is 17.3 Å². The minimum absolute atomic E-state index is 0.0696. The number of rotatable bonds is 5. The van der Waals surface area contributed by atoms with Gasteiger partial charge in [-0.25, -0.2) is 0 Å². The summed E-state index contributed by atoms with van der Waals surface area (Å²) >= 11 is 7.00. The van der Waals surface area contributed by atoms with Gasteiger partial charge in [-0.15, -0.1) is 0 Å². The van der Waals surface area contributed by atoms with Gasteiger partial charge >= 0.3 is 0 Å². The van der Waals surface area contributed by atoms with Gasteiger partial charge in [-0.05, 0) is 24.6 Å². The fraction of sp³-hybridized carbons (Fsp3) is 0.462. The number of ether oxygens (including phenoxy) is 2. The van der Waals surface area contributed by atoms with Crippen LogP contribution in [0.5, 0.6) is 5.75 Å². The summed E-state index contributed by atoms with van der Waals surface area (Å²) in [5, 5.41) is 0. The average molecular weight is 378 g/mol. The van der Waals surface area contributed by atoms with Crippen molar-refractivity contribution in [3.8, 4) is 5.75 Å². The predicted octanol–water partition coefficient (Wildman–Crippen LogP) is 3.25. The Hall–Kier alpha value is -0.390. The van der Waals surface area contributed by atoms with Crippen LogP contribution in [0.3, 0.4) is 0 Å². The second-order valence-corrected chi connectivity index (χ2v) is 6.43. The summed E-state index contributed by atoms with van der Waals surface area (Å²) in [4.78, 5) is 11.7. The molecule has 0 aromatic heterocycles. The SMILES string of the molecule is COc1ccc(C(Br)C(Br)C(=O)C2(C)CO2)cc1. The van der Waals surface area contributed by atoms with Crippen LogP contribution in [-0.2, 0) is 9.53 Å². The number of halogens is 2. The van der Waals surface area contributed by atoms with Gasteiger partial charge in [-0.1, -0.05) is 44.0 Å². The van der Waals surface area contributed by atoms with Gasteiger partial charge in [-0.3, -0.25) is 4.79 Å². The van der Waals surface area contributed by atoms with E-state index in [0.717, 1.165) is 11.3 Å². The molecule has 3 unspecified atom stereocenters. The fourth-order valence-corrected chi connectivity index (χ4v) is 2.97. The van der Waals surface area contributed by atoms with Crippen LogP contribution in [-0.4, -0.2) is 29.9 Å². The molecule has 2 rings (SSSR count). The van der Waals surface area contributed by atoms with E-state index < -0.39 is 5.60 Å². The molecular weight excluding hydrogens is 364 g/mol. The number of carbonyl (C=O) groups excluding carboxylic acids is 1. The molecule has 0 radical (unpaired) electrons. The molecule has 0 aliphatic carbocycles. The van der Waals surface area contributed by atoms with Crippen LogP contribution in [0.2, 0.25) is 0 Å². The van der Waals surface area contributed by atoms with E-state index in [-0.39, 0.29) is 15.4 Å². The van der Waals surface area contributed by atoms with E-state index in [4.69, 9.17) is 9.47 Å². The van der Waals surface area contributed by atoms with Crippen LogP contribution in [0.4, 0.5) is 0 Å². The number of epoxide rings is 1. The average Bonchev–Trinajstić information content (AvgIpc) is 3.15. The highest BCUT2D eigenvalue weighted by atomic mass is 79.9. The summed E-state index contributed by atoms with van der Waals surface area (Å²) in [5.41, 5.74) is 0.419. The first-order valence-electron chi connectivity index (χ1n) is 5.58. The zero-order chi connectivity index (χ0) is 13.3. The van der Waals surface area contributed by atoms with Crippen LogP contribution < -0.4 is 4.74 Å². The minimum atomic E-state index is -0.605. The van der Waals surface area contributed by atoms with E-state index >= 15 is 0 Å². The Morgan fingerprint density at radius 1 is 1.39 bits per heavy atom. The van der Waals surface area contributed by atoms with Gasteiger partial charge in [0.1, 0.15) is 11.4 Å². The first-order chi connectivity index (χ1) is 8.48. The molecule has 3 nitrogen and oxygen atoms in total. The Bertz CT molecular complexity index is 440. The summed E-state index contributed by atoms with van der Waals surface area (Å²) in [5.74, 6) is 0.869. The standard InChI is InChI=1S/C13H14Br2O3/c1-13(7-18-13)12(16)11(15)10(14)8-3-5-9(17-2)6-4-8/h3-6,10-11H,7H2,1-2H3. The molecule has 5 heteroatoms. The molecule has 0 saturated carbocycles. The quantitative estimate of drug-likeness (QED) is 0.584. The van der Waals surface area contributed by atoms with Gasteiger partial charge in [0.05, 0.1) is 23.4 Å². The summed E-state index contributed by atoms with van der Waals surface area (Å²) < 4.78 is 10.3. The maximum absolute atomic E-state index is 12.1. The topological polar surface area (TPSA) is 38.8 Å². The van der Waals surface area contributed by atoms with Gasteiger partial charge in [0, 0.05) is 0 Å². The third kappa shape index (κ3) is 2.78. The molecule has 3 atom stereocenters. The van der Waals surface area contributed by atoms with E-state index in [1.165, 1.54) is 0 Å². The normalized spacial score (nSPS) is 25.3. The maximum atomic E-state index is 12.1.